The number of hydrogen-bond acceptors (Lipinski definition) is 14. The van der Waals surface area contributed by atoms with Gasteiger partial charge in [0.2, 0.25) is 12.0 Å². The fourth-order valence-electron chi connectivity index (χ4n) is 5.92. The van der Waals surface area contributed by atoms with Gasteiger partial charge in [0, 0.05) is 37.0 Å². The molecule has 254 valence electrons. The lowest BCUT2D eigenvalue weighted by Gasteiger charge is -2.47. The van der Waals surface area contributed by atoms with Gasteiger partial charge in [-0.2, -0.15) is 0 Å². The molecule has 3 aromatic carbocycles. The number of nitrogens with one attached hydrogen (secondary N) is 2. The fraction of sp³-hybridized carbons (Fsp3) is 0.333. The number of aliphatic carboxylic acids is 1. The molecule has 3 heterocycles. The van der Waals surface area contributed by atoms with Crippen molar-refractivity contribution >= 4 is 16.9 Å². The van der Waals surface area contributed by atoms with Crippen LogP contribution >= 0.6 is 0 Å². The summed E-state index contributed by atoms with van der Waals surface area (Å²) in [5, 5.41) is 70.6. The maximum Gasteiger partial charge on any atom is 0.336 e. The molecule has 0 saturated carbocycles. The van der Waals surface area contributed by atoms with Crippen LogP contribution in [0.3, 0.4) is 0 Å². The molecule has 48 heavy (non-hydrogen) atoms. The van der Waals surface area contributed by atoms with E-state index in [1.165, 1.54) is 31.4 Å². The molecular weight excluding hydrogens is 632 g/mol. The predicted octanol–water partition coefficient (Wildman–Crippen LogP) is 1.01. The molecule has 2 saturated heterocycles. The Bertz CT molecular complexity index is 1860. The summed E-state index contributed by atoms with van der Waals surface area (Å²) < 4.78 is 28.5. The van der Waals surface area contributed by atoms with Crippen molar-refractivity contribution in [2.45, 2.75) is 49.3 Å². The third kappa shape index (κ3) is 6.34. The summed E-state index contributed by atoms with van der Waals surface area (Å²) in [5.41, 5.74) is -2.25. The molecule has 2 fully saturated rings. The molecule has 2 aliphatic rings. The molecule has 2 aliphatic heterocycles. The standard InChI is InChI=1S/C33H34N2O13/c1-44-20-7-5-17(6-8-20)22-10-21(37)25-23(46-22)11-24(28(26(25)38)45-14-16-3-2-4-19(36)9-16)47-32-27(39)29(40)33(43,30(48-32)31(41)42)12-18-13-34-15-35-18/h2-11,18,27,29-30,32,34-36,38-40,43H,12-15H2,1H3,(H,41,42). The minimum atomic E-state index is -2.42. The van der Waals surface area contributed by atoms with E-state index >= 15 is 0 Å². The minimum absolute atomic E-state index is 0.0505. The highest BCUT2D eigenvalue weighted by Crippen LogP contribution is 2.45. The number of rotatable bonds is 10. The van der Waals surface area contributed by atoms with Crippen LogP contribution in [0.5, 0.6) is 28.7 Å². The molecule has 6 rings (SSSR count). The molecule has 15 heteroatoms. The van der Waals surface area contributed by atoms with E-state index in [2.05, 4.69) is 10.6 Å². The van der Waals surface area contributed by atoms with Crippen molar-refractivity contribution < 1.29 is 58.8 Å². The molecule has 0 spiro atoms. The largest absolute Gasteiger partial charge is 0.508 e. The number of carboxylic acid groups (broad SMARTS) is 1. The van der Waals surface area contributed by atoms with Gasteiger partial charge in [-0.3, -0.25) is 4.79 Å². The molecule has 0 bridgehead atoms. The van der Waals surface area contributed by atoms with E-state index in [4.69, 9.17) is 23.4 Å². The molecule has 6 atom stereocenters. The van der Waals surface area contributed by atoms with Gasteiger partial charge in [0.1, 0.15) is 52.6 Å². The van der Waals surface area contributed by atoms with Gasteiger partial charge < -0.3 is 64.6 Å². The molecule has 6 unspecified atom stereocenters. The van der Waals surface area contributed by atoms with E-state index in [0.29, 0.717) is 30.1 Å². The van der Waals surface area contributed by atoms with Gasteiger partial charge in [-0.1, -0.05) is 12.1 Å². The van der Waals surface area contributed by atoms with Gasteiger partial charge in [-0.05, 0) is 48.4 Å². The number of carboxylic acids is 1. The van der Waals surface area contributed by atoms with Crippen LogP contribution in [0.4, 0.5) is 0 Å². The summed E-state index contributed by atoms with van der Waals surface area (Å²) in [5.74, 6) is -2.44. The average Bonchev–Trinajstić information content (AvgIpc) is 3.57. The normalized spacial score (nSPS) is 25.5. The topological polar surface area (TPSA) is 230 Å². The zero-order chi connectivity index (χ0) is 34.2. The second-order valence-electron chi connectivity index (χ2n) is 11.6. The first-order valence-corrected chi connectivity index (χ1v) is 14.9. The Labute approximate surface area is 272 Å². The van der Waals surface area contributed by atoms with E-state index in [9.17, 15) is 40.2 Å². The Kier molecular flexibility index (Phi) is 9.15. The number of methoxy groups -OCH3 is 1. The Morgan fingerprint density at radius 1 is 1.08 bits per heavy atom. The Morgan fingerprint density at radius 3 is 2.52 bits per heavy atom. The monoisotopic (exact) mass is 666 g/mol. The van der Waals surface area contributed by atoms with Crippen molar-refractivity contribution in [2.24, 2.45) is 0 Å². The molecular formula is C33H34N2O13. The number of benzene rings is 3. The van der Waals surface area contributed by atoms with Crippen LogP contribution in [0.15, 0.2) is 69.9 Å². The SMILES string of the molecule is COc1ccc(-c2cc(=O)c3c(O)c(OCc4cccc(O)c4)c(OC4OC(C(=O)O)C(O)(CC5CNCN5)C(O)C4O)cc3o2)cc1. The van der Waals surface area contributed by atoms with Crippen LogP contribution in [-0.4, -0.2) is 93.2 Å². The number of phenols is 2. The lowest BCUT2D eigenvalue weighted by Crippen LogP contribution is -2.70. The van der Waals surface area contributed by atoms with E-state index in [-0.39, 0.29) is 41.3 Å². The summed E-state index contributed by atoms with van der Waals surface area (Å²) in [7, 11) is 1.51. The second kappa shape index (κ2) is 13.3. The predicted molar refractivity (Wildman–Crippen MR) is 167 cm³/mol. The lowest BCUT2D eigenvalue weighted by atomic mass is 9.79. The lowest BCUT2D eigenvalue weighted by molar-refractivity contribution is -0.307. The Balaban J connectivity index is 1.40. The van der Waals surface area contributed by atoms with Crippen molar-refractivity contribution in [1.29, 1.82) is 0 Å². The summed E-state index contributed by atoms with van der Waals surface area (Å²) in [6, 6.07) is 14.6. The zero-order valence-corrected chi connectivity index (χ0v) is 25.5. The summed E-state index contributed by atoms with van der Waals surface area (Å²) in [4.78, 5) is 25.7. The zero-order valence-electron chi connectivity index (χ0n) is 25.5. The smallest absolute Gasteiger partial charge is 0.336 e. The number of aliphatic hydroxyl groups excluding tert-OH is 2. The van der Waals surface area contributed by atoms with Gasteiger partial charge in [0.05, 0.1) is 7.11 Å². The Hall–Kier alpha value is -4.90. The van der Waals surface area contributed by atoms with Crippen molar-refractivity contribution in [2.75, 3.05) is 20.3 Å². The first kappa shape index (κ1) is 33.0. The highest BCUT2D eigenvalue weighted by Gasteiger charge is 2.59. The van der Waals surface area contributed by atoms with Crippen molar-refractivity contribution in [3.8, 4) is 40.1 Å². The molecule has 15 nitrogen and oxygen atoms in total. The highest BCUT2D eigenvalue weighted by atomic mass is 16.7. The van der Waals surface area contributed by atoms with E-state index in [0.717, 1.165) is 0 Å². The van der Waals surface area contributed by atoms with E-state index in [1.54, 1.807) is 36.4 Å². The van der Waals surface area contributed by atoms with Gasteiger partial charge in [0.15, 0.2) is 23.0 Å². The van der Waals surface area contributed by atoms with Gasteiger partial charge in [-0.25, -0.2) is 4.79 Å². The molecule has 0 amide bonds. The number of aromatic hydroxyl groups is 2. The highest BCUT2D eigenvalue weighted by molar-refractivity contribution is 5.89. The van der Waals surface area contributed by atoms with Crippen LogP contribution in [0.1, 0.15) is 12.0 Å². The van der Waals surface area contributed by atoms with E-state index < -0.39 is 59.1 Å². The van der Waals surface area contributed by atoms with Crippen LogP contribution in [0, 0.1) is 0 Å². The molecule has 0 radical (unpaired) electrons. The van der Waals surface area contributed by atoms with Crippen molar-refractivity contribution in [3.05, 3.63) is 76.5 Å². The first-order valence-electron chi connectivity index (χ1n) is 14.9. The molecule has 4 aromatic rings. The van der Waals surface area contributed by atoms with Crippen LogP contribution in [-0.2, 0) is 16.1 Å². The quantitative estimate of drug-likeness (QED) is 0.118. The van der Waals surface area contributed by atoms with Crippen molar-refractivity contribution in [1.82, 2.24) is 10.6 Å². The number of phenolic OH excluding ortho intramolecular Hbond substituents is 2. The van der Waals surface area contributed by atoms with Gasteiger partial charge in [-0.15, -0.1) is 0 Å². The molecule has 0 aliphatic carbocycles. The Morgan fingerprint density at radius 2 is 1.85 bits per heavy atom. The summed E-state index contributed by atoms with van der Waals surface area (Å²) >= 11 is 0. The third-order valence-corrected chi connectivity index (χ3v) is 8.37. The molecule has 1 aromatic heterocycles. The van der Waals surface area contributed by atoms with Gasteiger partial charge in [0.25, 0.3) is 0 Å². The van der Waals surface area contributed by atoms with Crippen LogP contribution in [0.2, 0.25) is 0 Å². The average molecular weight is 667 g/mol. The third-order valence-electron chi connectivity index (χ3n) is 8.37. The maximum absolute atomic E-state index is 13.3. The maximum atomic E-state index is 13.3. The summed E-state index contributed by atoms with van der Waals surface area (Å²) in [6.45, 7) is 0.532. The van der Waals surface area contributed by atoms with Crippen LogP contribution in [0.25, 0.3) is 22.3 Å². The summed E-state index contributed by atoms with van der Waals surface area (Å²) in [6.07, 6.45) is -8.28. The number of fused-ring (bicyclic) bond motifs is 1. The fourth-order valence-corrected chi connectivity index (χ4v) is 5.92. The number of hydrogen-bond donors (Lipinski definition) is 8. The number of carbonyl (C=O) groups is 1. The minimum Gasteiger partial charge on any atom is -0.508 e. The van der Waals surface area contributed by atoms with E-state index in [1.807, 2.05) is 0 Å². The first-order chi connectivity index (χ1) is 23.0. The van der Waals surface area contributed by atoms with Crippen LogP contribution < -0.4 is 30.3 Å². The number of ether oxygens (including phenoxy) is 4. The second-order valence-corrected chi connectivity index (χ2v) is 11.6. The molecule has 8 N–H and O–H groups in total. The van der Waals surface area contributed by atoms with Crippen molar-refractivity contribution in [3.63, 3.8) is 0 Å². The number of aliphatic hydroxyl groups is 3. The van der Waals surface area contributed by atoms with Gasteiger partial charge >= 0.3 is 5.97 Å².